The third-order valence-electron chi connectivity index (χ3n) is 1.49. The van der Waals surface area contributed by atoms with E-state index in [2.05, 4.69) is 0 Å². The molecular weight excluding hydrogens is 206 g/mol. The molecule has 0 unspecified atom stereocenters. The molecule has 0 fully saturated rings. The predicted molar refractivity (Wildman–Crippen MR) is 54.8 cm³/mol. The molecule has 0 bridgehead atoms. The molecule has 0 spiro atoms. The summed E-state index contributed by atoms with van der Waals surface area (Å²) in [5, 5.41) is 8.46. The summed E-state index contributed by atoms with van der Waals surface area (Å²) >= 11 is 0. The normalized spacial score (nSPS) is 11.2. The molecule has 0 amide bonds. The van der Waals surface area contributed by atoms with Crippen molar-refractivity contribution >= 4 is 18.4 Å². The number of carboxylic acid groups (broad SMARTS) is 1. The summed E-state index contributed by atoms with van der Waals surface area (Å²) in [5.74, 6) is -0.435. The molecule has 0 aromatic heterocycles. The Labute approximate surface area is 88.1 Å². The number of rotatable bonds is 4. The minimum atomic E-state index is -1.06. The van der Waals surface area contributed by atoms with Crippen LogP contribution < -0.4 is 10.5 Å². The molecule has 0 aliphatic heterocycles. The number of hydrogen-bond acceptors (Lipinski definition) is 3. The first-order valence-corrected chi connectivity index (χ1v) is 3.86. The Balaban J connectivity index is 0.00000169. The Bertz CT molecular complexity index is 279. The molecule has 0 heterocycles. The third kappa shape index (κ3) is 4.11. The number of para-hydroxylation sites is 1. The molecule has 1 atom stereocenters. The van der Waals surface area contributed by atoms with E-state index in [-0.39, 0.29) is 19.0 Å². The van der Waals surface area contributed by atoms with Gasteiger partial charge in [0.1, 0.15) is 18.4 Å². The van der Waals surface area contributed by atoms with Crippen molar-refractivity contribution in [2.24, 2.45) is 5.73 Å². The first-order chi connectivity index (χ1) is 6.20. The van der Waals surface area contributed by atoms with E-state index in [1.165, 1.54) is 0 Å². The van der Waals surface area contributed by atoms with E-state index < -0.39 is 12.0 Å². The second-order valence-electron chi connectivity index (χ2n) is 2.57. The van der Waals surface area contributed by atoms with E-state index in [1.54, 1.807) is 12.1 Å². The Kier molecular flexibility index (Phi) is 5.67. The monoisotopic (exact) mass is 217 g/mol. The molecule has 1 aromatic rings. The van der Waals surface area contributed by atoms with E-state index >= 15 is 0 Å². The van der Waals surface area contributed by atoms with Crippen LogP contribution in [-0.2, 0) is 4.79 Å². The number of halogens is 1. The van der Waals surface area contributed by atoms with Crippen LogP contribution in [0, 0.1) is 0 Å². The number of carboxylic acids is 1. The number of benzene rings is 1. The van der Waals surface area contributed by atoms with Crippen molar-refractivity contribution < 1.29 is 14.6 Å². The number of carbonyl (C=O) groups is 1. The molecular formula is C9H12ClNO3. The van der Waals surface area contributed by atoms with E-state index in [0.717, 1.165) is 0 Å². The first-order valence-electron chi connectivity index (χ1n) is 3.86. The van der Waals surface area contributed by atoms with Gasteiger partial charge in [-0.15, -0.1) is 12.4 Å². The van der Waals surface area contributed by atoms with Gasteiger partial charge in [0, 0.05) is 0 Å². The average Bonchev–Trinajstić information content (AvgIpc) is 2.15. The molecule has 0 aliphatic carbocycles. The van der Waals surface area contributed by atoms with Crippen LogP contribution in [0.2, 0.25) is 0 Å². The lowest BCUT2D eigenvalue weighted by Crippen LogP contribution is -2.36. The van der Waals surface area contributed by atoms with Crippen LogP contribution in [0.15, 0.2) is 30.3 Å². The largest absolute Gasteiger partial charge is 0.491 e. The number of ether oxygens (including phenoxy) is 1. The highest BCUT2D eigenvalue weighted by Crippen LogP contribution is 2.07. The highest BCUT2D eigenvalue weighted by molar-refractivity contribution is 5.85. The van der Waals surface area contributed by atoms with E-state index in [1.807, 2.05) is 18.2 Å². The summed E-state index contributed by atoms with van der Waals surface area (Å²) in [5.41, 5.74) is 5.24. The minimum Gasteiger partial charge on any atom is -0.491 e. The topological polar surface area (TPSA) is 72.5 Å². The van der Waals surface area contributed by atoms with Crippen LogP contribution in [0.25, 0.3) is 0 Å². The third-order valence-corrected chi connectivity index (χ3v) is 1.49. The second kappa shape index (κ2) is 6.23. The molecule has 1 aromatic carbocycles. The van der Waals surface area contributed by atoms with Crippen LogP contribution in [0.3, 0.4) is 0 Å². The van der Waals surface area contributed by atoms with Gasteiger partial charge in [0.25, 0.3) is 0 Å². The Morgan fingerprint density at radius 3 is 2.50 bits per heavy atom. The van der Waals surface area contributed by atoms with Crippen LogP contribution in [-0.4, -0.2) is 23.7 Å². The smallest absolute Gasteiger partial charge is 0.324 e. The van der Waals surface area contributed by atoms with Crippen LogP contribution in [0.5, 0.6) is 5.75 Å². The zero-order valence-electron chi connectivity index (χ0n) is 7.42. The van der Waals surface area contributed by atoms with Gasteiger partial charge in [-0.25, -0.2) is 0 Å². The van der Waals surface area contributed by atoms with Crippen LogP contribution in [0.4, 0.5) is 0 Å². The summed E-state index contributed by atoms with van der Waals surface area (Å²) in [4.78, 5) is 10.3. The molecule has 0 radical (unpaired) electrons. The van der Waals surface area contributed by atoms with E-state index in [0.29, 0.717) is 5.75 Å². The van der Waals surface area contributed by atoms with Crippen molar-refractivity contribution in [2.75, 3.05) is 6.61 Å². The summed E-state index contributed by atoms with van der Waals surface area (Å²) < 4.78 is 5.12. The fraction of sp³-hybridized carbons (Fsp3) is 0.222. The summed E-state index contributed by atoms with van der Waals surface area (Å²) in [7, 11) is 0. The summed E-state index contributed by atoms with van der Waals surface area (Å²) in [6, 6.07) is 7.98. The Hall–Kier alpha value is -1.26. The number of aliphatic carboxylic acids is 1. The predicted octanol–water partition coefficient (Wildman–Crippen LogP) is 0.899. The molecule has 0 saturated carbocycles. The SMILES string of the molecule is Cl.N[C@H](COc1ccccc1)C(=O)O. The Morgan fingerprint density at radius 2 is 2.00 bits per heavy atom. The van der Waals surface area contributed by atoms with Gasteiger partial charge in [-0.3, -0.25) is 4.79 Å². The fourth-order valence-corrected chi connectivity index (χ4v) is 0.774. The number of hydrogen-bond donors (Lipinski definition) is 2. The van der Waals surface area contributed by atoms with Gasteiger partial charge in [-0.05, 0) is 12.1 Å². The van der Waals surface area contributed by atoms with E-state index in [4.69, 9.17) is 15.6 Å². The Morgan fingerprint density at radius 1 is 1.43 bits per heavy atom. The quantitative estimate of drug-likeness (QED) is 0.786. The fourth-order valence-electron chi connectivity index (χ4n) is 0.774. The molecule has 5 heteroatoms. The first kappa shape index (κ1) is 12.7. The molecule has 4 nitrogen and oxygen atoms in total. The summed E-state index contributed by atoms with van der Waals surface area (Å²) in [6.45, 7) is -0.0145. The molecule has 14 heavy (non-hydrogen) atoms. The van der Waals surface area contributed by atoms with Crippen LogP contribution >= 0.6 is 12.4 Å². The molecule has 78 valence electrons. The molecule has 0 aliphatic rings. The number of nitrogens with two attached hydrogens (primary N) is 1. The average molecular weight is 218 g/mol. The van der Waals surface area contributed by atoms with Gasteiger partial charge in [-0.1, -0.05) is 18.2 Å². The van der Waals surface area contributed by atoms with Crippen molar-refractivity contribution in [2.45, 2.75) is 6.04 Å². The van der Waals surface area contributed by atoms with Crippen molar-refractivity contribution in [1.29, 1.82) is 0 Å². The maximum absolute atomic E-state index is 10.3. The lowest BCUT2D eigenvalue weighted by molar-refractivity contribution is -0.139. The molecule has 0 saturated heterocycles. The van der Waals surface area contributed by atoms with Crippen molar-refractivity contribution in [3.63, 3.8) is 0 Å². The van der Waals surface area contributed by atoms with Gasteiger partial charge in [-0.2, -0.15) is 0 Å². The van der Waals surface area contributed by atoms with Gasteiger partial charge in [0.05, 0.1) is 0 Å². The zero-order chi connectivity index (χ0) is 9.68. The van der Waals surface area contributed by atoms with Gasteiger partial charge in [0.15, 0.2) is 0 Å². The van der Waals surface area contributed by atoms with Gasteiger partial charge < -0.3 is 15.6 Å². The van der Waals surface area contributed by atoms with Crippen molar-refractivity contribution in [3.8, 4) is 5.75 Å². The zero-order valence-corrected chi connectivity index (χ0v) is 8.24. The van der Waals surface area contributed by atoms with Gasteiger partial charge in [0.2, 0.25) is 0 Å². The van der Waals surface area contributed by atoms with Gasteiger partial charge >= 0.3 is 5.97 Å². The molecule has 1 rings (SSSR count). The standard InChI is InChI=1S/C9H11NO3.ClH/c10-8(9(11)12)6-13-7-4-2-1-3-5-7;/h1-5,8H,6,10H2,(H,11,12);1H/t8-;/m1./s1. The highest BCUT2D eigenvalue weighted by Gasteiger charge is 2.11. The maximum Gasteiger partial charge on any atom is 0.324 e. The van der Waals surface area contributed by atoms with E-state index in [9.17, 15) is 4.79 Å². The maximum atomic E-state index is 10.3. The van der Waals surface area contributed by atoms with Crippen molar-refractivity contribution in [1.82, 2.24) is 0 Å². The lowest BCUT2D eigenvalue weighted by Gasteiger charge is -2.08. The summed E-state index contributed by atoms with van der Waals surface area (Å²) in [6.07, 6.45) is 0. The lowest BCUT2D eigenvalue weighted by atomic mass is 10.3. The highest BCUT2D eigenvalue weighted by atomic mass is 35.5. The molecule has 3 N–H and O–H groups in total. The minimum absolute atomic E-state index is 0. The second-order valence-corrected chi connectivity index (χ2v) is 2.57. The van der Waals surface area contributed by atoms with Crippen LogP contribution in [0.1, 0.15) is 0 Å². The van der Waals surface area contributed by atoms with Crippen molar-refractivity contribution in [3.05, 3.63) is 30.3 Å².